The Hall–Kier alpha value is -1.45. The van der Waals surface area contributed by atoms with Crippen LogP contribution in [-0.2, 0) is 0 Å². The molecule has 0 bridgehead atoms. The first kappa shape index (κ1) is 20.9. The summed E-state index contributed by atoms with van der Waals surface area (Å²) in [5.74, 6) is -0.600. The first-order valence-corrected chi connectivity index (χ1v) is 10.0. The third kappa shape index (κ3) is 6.69. The first-order valence-electron chi connectivity index (χ1n) is 10.0. The molecular weight excluding hydrogens is 337 g/mol. The maximum atomic E-state index is 13.3. The second-order valence-corrected chi connectivity index (χ2v) is 7.34. The molecule has 1 saturated carbocycles. The van der Waals surface area contributed by atoms with Gasteiger partial charge >= 0.3 is 6.08 Å². The van der Waals surface area contributed by atoms with Gasteiger partial charge in [0.15, 0.2) is 5.83 Å². The van der Waals surface area contributed by atoms with E-state index in [1.165, 1.54) is 37.7 Å². The Balaban J connectivity index is 1.70. The van der Waals surface area contributed by atoms with Gasteiger partial charge in [0.1, 0.15) is 5.75 Å². The van der Waals surface area contributed by atoms with Crippen LogP contribution < -0.4 is 4.74 Å². The molecule has 146 valence electrons. The standard InChI is InChI=1S/C22H31F3O/c1-2-3-4-5-6-7-16-26-20-14-12-18(13-15-20)17-8-10-19(11-9-17)21(23)22(24)25/h12-15,17,19H,2-11,16H2,1H3. The van der Waals surface area contributed by atoms with Crippen molar-refractivity contribution in [1.29, 1.82) is 0 Å². The highest BCUT2D eigenvalue weighted by Gasteiger charge is 2.27. The Morgan fingerprint density at radius 3 is 2.12 bits per heavy atom. The van der Waals surface area contributed by atoms with Crippen LogP contribution in [0.2, 0.25) is 0 Å². The molecule has 0 aromatic heterocycles. The van der Waals surface area contributed by atoms with Gasteiger partial charge in [-0.15, -0.1) is 0 Å². The second-order valence-electron chi connectivity index (χ2n) is 7.34. The number of ether oxygens (including phenoxy) is 1. The van der Waals surface area contributed by atoms with Gasteiger partial charge in [-0.1, -0.05) is 51.2 Å². The van der Waals surface area contributed by atoms with Crippen molar-refractivity contribution in [3.8, 4) is 5.75 Å². The quantitative estimate of drug-likeness (QED) is 0.383. The Morgan fingerprint density at radius 1 is 0.885 bits per heavy atom. The molecule has 0 atom stereocenters. The van der Waals surface area contributed by atoms with E-state index in [2.05, 4.69) is 19.1 Å². The Morgan fingerprint density at radius 2 is 1.50 bits per heavy atom. The number of allylic oxidation sites excluding steroid dienone is 1. The fourth-order valence-corrected chi connectivity index (χ4v) is 3.74. The molecular formula is C22H31F3O. The zero-order valence-corrected chi connectivity index (χ0v) is 15.8. The molecule has 0 saturated heterocycles. The van der Waals surface area contributed by atoms with E-state index in [0.29, 0.717) is 18.8 Å². The summed E-state index contributed by atoms with van der Waals surface area (Å²) in [5, 5.41) is 0. The summed E-state index contributed by atoms with van der Waals surface area (Å²) in [5.41, 5.74) is 1.19. The second kappa shape index (κ2) is 11.3. The molecule has 0 spiro atoms. The lowest BCUT2D eigenvalue weighted by Gasteiger charge is -2.27. The van der Waals surface area contributed by atoms with Crippen LogP contribution in [-0.4, -0.2) is 6.61 Å². The van der Waals surface area contributed by atoms with E-state index in [9.17, 15) is 13.2 Å². The molecule has 0 heterocycles. The predicted molar refractivity (Wildman–Crippen MR) is 100 cm³/mol. The molecule has 1 aliphatic rings. The number of halogens is 3. The minimum Gasteiger partial charge on any atom is -0.494 e. The Bertz CT molecular complexity index is 541. The zero-order valence-electron chi connectivity index (χ0n) is 15.8. The summed E-state index contributed by atoms with van der Waals surface area (Å²) in [6, 6.07) is 8.09. The molecule has 1 aromatic carbocycles. The third-order valence-corrected chi connectivity index (χ3v) is 5.38. The summed E-state index contributed by atoms with van der Waals surface area (Å²) < 4.78 is 43.9. The summed E-state index contributed by atoms with van der Waals surface area (Å²) in [4.78, 5) is 0. The normalized spacial score (nSPS) is 20.0. The lowest BCUT2D eigenvalue weighted by molar-refractivity contribution is 0.281. The molecule has 0 unspecified atom stereocenters. The van der Waals surface area contributed by atoms with Crippen LogP contribution in [0.25, 0.3) is 0 Å². The van der Waals surface area contributed by atoms with E-state index in [-0.39, 0.29) is 0 Å². The Labute approximate surface area is 155 Å². The van der Waals surface area contributed by atoms with Crippen LogP contribution in [0, 0.1) is 5.92 Å². The van der Waals surface area contributed by atoms with Gasteiger partial charge in [0.25, 0.3) is 0 Å². The molecule has 2 rings (SSSR count). The molecule has 0 aliphatic heterocycles. The third-order valence-electron chi connectivity index (χ3n) is 5.38. The maximum Gasteiger partial charge on any atom is 0.301 e. The highest BCUT2D eigenvalue weighted by atomic mass is 19.3. The van der Waals surface area contributed by atoms with E-state index >= 15 is 0 Å². The molecule has 26 heavy (non-hydrogen) atoms. The van der Waals surface area contributed by atoms with Crippen LogP contribution in [0.5, 0.6) is 5.75 Å². The number of unbranched alkanes of at least 4 members (excludes halogenated alkanes) is 5. The van der Waals surface area contributed by atoms with Crippen molar-refractivity contribution in [2.24, 2.45) is 5.92 Å². The minimum absolute atomic E-state index is 0.328. The van der Waals surface area contributed by atoms with Crippen molar-refractivity contribution in [1.82, 2.24) is 0 Å². The monoisotopic (exact) mass is 368 g/mol. The summed E-state index contributed by atoms with van der Waals surface area (Å²) in [7, 11) is 0. The van der Waals surface area contributed by atoms with E-state index in [0.717, 1.165) is 31.6 Å². The smallest absolute Gasteiger partial charge is 0.301 e. The molecule has 1 aromatic rings. The Kier molecular flexibility index (Phi) is 9.07. The van der Waals surface area contributed by atoms with Gasteiger partial charge in [0.2, 0.25) is 0 Å². The van der Waals surface area contributed by atoms with Gasteiger partial charge in [-0.3, -0.25) is 0 Å². The highest BCUT2D eigenvalue weighted by Crippen LogP contribution is 2.40. The molecule has 4 heteroatoms. The van der Waals surface area contributed by atoms with Gasteiger partial charge in [-0.25, -0.2) is 4.39 Å². The highest BCUT2D eigenvalue weighted by molar-refractivity contribution is 5.29. The lowest BCUT2D eigenvalue weighted by atomic mass is 9.78. The average Bonchev–Trinajstić information content (AvgIpc) is 2.67. The van der Waals surface area contributed by atoms with E-state index in [1.807, 2.05) is 12.1 Å². The molecule has 0 radical (unpaired) electrons. The van der Waals surface area contributed by atoms with Gasteiger partial charge in [-0.05, 0) is 55.7 Å². The first-order chi connectivity index (χ1) is 12.6. The van der Waals surface area contributed by atoms with E-state index in [4.69, 9.17) is 4.74 Å². The largest absolute Gasteiger partial charge is 0.494 e. The van der Waals surface area contributed by atoms with E-state index in [1.54, 1.807) is 0 Å². The number of benzene rings is 1. The maximum absolute atomic E-state index is 13.3. The molecule has 0 amide bonds. The van der Waals surface area contributed by atoms with Crippen molar-refractivity contribution >= 4 is 0 Å². The number of hydrogen-bond donors (Lipinski definition) is 0. The fraction of sp³-hybridized carbons (Fsp3) is 0.636. The van der Waals surface area contributed by atoms with Crippen LogP contribution in [0.15, 0.2) is 36.2 Å². The van der Waals surface area contributed by atoms with E-state index < -0.39 is 17.8 Å². The van der Waals surface area contributed by atoms with Crippen molar-refractivity contribution in [3.63, 3.8) is 0 Å². The lowest BCUT2D eigenvalue weighted by Crippen LogP contribution is -2.14. The van der Waals surface area contributed by atoms with Crippen LogP contribution in [0.4, 0.5) is 13.2 Å². The van der Waals surface area contributed by atoms with Gasteiger partial charge in [-0.2, -0.15) is 8.78 Å². The van der Waals surface area contributed by atoms with Gasteiger partial charge in [0, 0.05) is 5.92 Å². The topological polar surface area (TPSA) is 9.23 Å². The van der Waals surface area contributed by atoms with Crippen LogP contribution in [0.3, 0.4) is 0 Å². The zero-order chi connectivity index (χ0) is 18.8. The van der Waals surface area contributed by atoms with Crippen molar-refractivity contribution in [2.75, 3.05) is 6.61 Å². The predicted octanol–water partition coefficient (Wildman–Crippen LogP) is 7.78. The van der Waals surface area contributed by atoms with Gasteiger partial charge in [0.05, 0.1) is 6.61 Å². The molecule has 1 nitrogen and oxygen atoms in total. The minimum atomic E-state index is -2.15. The van der Waals surface area contributed by atoms with Crippen molar-refractivity contribution < 1.29 is 17.9 Å². The average molecular weight is 368 g/mol. The molecule has 1 aliphatic carbocycles. The fourth-order valence-electron chi connectivity index (χ4n) is 3.74. The summed E-state index contributed by atoms with van der Waals surface area (Å²) >= 11 is 0. The summed E-state index contributed by atoms with van der Waals surface area (Å²) in [6.07, 6.45) is 7.80. The molecule has 1 fully saturated rings. The van der Waals surface area contributed by atoms with Crippen LogP contribution in [0.1, 0.15) is 82.6 Å². The van der Waals surface area contributed by atoms with Crippen molar-refractivity contribution in [2.45, 2.75) is 77.0 Å². The van der Waals surface area contributed by atoms with Crippen LogP contribution >= 0.6 is 0 Å². The number of rotatable bonds is 10. The van der Waals surface area contributed by atoms with Gasteiger partial charge < -0.3 is 4.74 Å². The summed E-state index contributed by atoms with van der Waals surface area (Å²) in [6.45, 7) is 2.97. The molecule has 0 N–H and O–H groups in total. The SMILES string of the molecule is CCCCCCCCOc1ccc(C2CCC(C(F)=C(F)F)CC2)cc1. The number of hydrogen-bond acceptors (Lipinski definition) is 1. The van der Waals surface area contributed by atoms with Crippen molar-refractivity contribution in [3.05, 3.63) is 41.7 Å².